The first-order valence-corrected chi connectivity index (χ1v) is 13.9. The molecule has 0 radical (unpaired) electrons. The molecule has 2 saturated heterocycles. The van der Waals surface area contributed by atoms with Gasteiger partial charge in [-0.05, 0) is 92.1 Å². The van der Waals surface area contributed by atoms with E-state index in [2.05, 4.69) is 57.2 Å². The highest BCUT2D eigenvalue weighted by Gasteiger charge is 2.29. The minimum absolute atomic E-state index is 0.134. The van der Waals surface area contributed by atoms with Crippen molar-refractivity contribution >= 4 is 27.6 Å². The minimum atomic E-state index is 0.134. The van der Waals surface area contributed by atoms with Gasteiger partial charge in [0, 0.05) is 36.1 Å². The Morgan fingerprint density at radius 3 is 2.62 bits per heavy atom. The molecule has 5 heteroatoms. The lowest BCUT2D eigenvalue weighted by Gasteiger charge is -2.38. The van der Waals surface area contributed by atoms with E-state index in [0.29, 0.717) is 17.7 Å². The van der Waals surface area contributed by atoms with E-state index in [0.717, 1.165) is 62.1 Å². The van der Waals surface area contributed by atoms with Gasteiger partial charge in [-0.2, -0.15) is 0 Å². The number of rotatable bonds is 6. The number of likely N-dealkylation sites (tertiary alicyclic amines) is 2. The van der Waals surface area contributed by atoms with Gasteiger partial charge in [0.05, 0.1) is 7.11 Å². The van der Waals surface area contributed by atoms with Crippen LogP contribution in [0.4, 0.5) is 0 Å². The first kappa shape index (κ1) is 24.1. The Balaban J connectivity index is 1.08. The number of aromatic amines is 1. The van der Waals surface area contributed by atoms with Gasteiger partial charge in [-0.3, -0.25) is 4.79 Å². The minimum Gasteiger partial charge on any atom is -0.497 e. The van der Waals surface area contributed by atoms with Crippen molar-refractivity contribution in [3.05, 3.63) is 78.0 Å². The van der Waals surface area contributed by atoms with Gasteiger partial charge in [-0.25, -0.2) is 0 Å². The van der Waals surface area contributed by atoms with Crippen LogP contribution in [-0.4, -0.2) is 60.0 Å². The molecule has 3 aromatic carbocycles. The van der Waals surface area contributed by atoms with Crippen molar-refractivity contribution in [1.29, 1.82) is 0 Å². The van der Waals surface area contributed by atoms with Crippen LogP contribution in [0.15, 0.2) is 66.7 Å². The van der Waals surface area contributed by atoms with Crippen LogP contribution in [0.3, 0.4) is 0 Å². The van der Waals surface area contributed by atoms with Crippen molar-refractivity contribution < 1.29 is 9.53 Å². The molecular weight excluding hydrogens is 458 g/mol. The largest absolute Gasteiger partial charge is 0.497 e. The second-order valence-electron chi connectivity index (χ2n) is 10.8. The lowest BCUT2D eigenvalue weighted by molar-refractivity contribution is 0.0573. The number of fused-ring (bicyclic) bond motifs is 2. The zero-order chi connectivity index (χ0) is 25.2. The Hall–Kier alpha value is -3.31. The SMILES string of the molecule is COc1ccc2cc(C(=O)N3CCCCC3CCN3CCC(c4cccc5ccccc45)CC3)[nH]c2c1. The molecule has 0 bridgehead atoms. The normalized spacial score (nSPS) is 19.5. The van der Waals surface area contributed by atoms with Crippen molar-refractivity contribution in [2.24, 2.45) is 0 Å². The van der Waals surface area contributed by atoms with Gasteiger partial charge in [0.2, 0.25) is 0 Å². The fourth-order valence-electron chi connectivity index (χ4n) is 6.48. The Morgan fingerprint density at radius 1 is 0.919 bits per heavy atom. The number of benzene rings is 3. The molecular formula is C32H37N3O2. The van der Waals surface area contributed by atoms with Crippen molar-refractivity contribution in [3.8, 4) is 5.75 Å². The number of aromatic nitrogens is 1. The summed E-state index contributed by atoms with van der Waals surface area (Å²) in [6.45, 7) is 4.20. The second-order valence-corrected chi connectivity index (χ2v) is 10.8. The number of H-pyrrole nitrogens is 1. The molecule has 192 valence electrons. The van der Waals surface area contributed by atoms with Gasteiger partial charge in [0.25, 0.3) is 5.91 Å². The molecule has 0 saturated carbocycles. The molecule has 0 aliphatic carbocycles. The number of nitrogens with zero attached hydrogens (tertiary/aromatic N) is 2. The second kappa shape index (κ2) is 10.6. The summed E-state index contributed by atoms with van der Waals surface area (Å²) < 4.78 is 5.35. The van der Waals surface area contributed by atoms with E-state index in [-0.39, 0.29) is 5.91 Å². The molecule has 6 rings (SSSR count). The number of carbonyl (C=O) groups is 1. The van der Waals surface area contributed by atoms with Gasteiger partial charge in [0.1, 0.15) is 11.4 Å². The Labute approximate surface area is 219 Å². The summed E-state index contributed by atoms with van der Waals surface area (Å²) >= 11 is 0. The standard InChI is InChI=1S/C32H37N3O2/c1-37-27-13-12-25-21-31(33-30(25)22-27)32(36)35-17-5-4-9-26(35)16-20-34-18-14-24(15-19-34)29-11-6-8-23-7-2-3-10-28(23)29/h2-3,6-8,10-13,21-22,24,26,33H,4-5,9,14-20H2,1H3. The predicted octanol–water partition coefficient (Wildman–Crippen LogP) is 6.59. The summed E-state index contributed by atoms with van der Waals surface area (Å²) in [4.78, 5) is 21.6. The van der Waals surface area contributed by atoms with Crippen molar-refractivity contribution in [2.75, 3.05) is 33.3 Å². The van der Waals surface area contributed by atoms with E-state index >= 15 is 0 Å². The van der Waals surface area contributed by atoms with Crippen LogP contribution in [0, 0.1) is 0 Å². The number of piperidine rings is 2. The Kier molecular flexibility index (Phi) is 6.88. The molecule has 1 unspecified atom stereocenters. The third-order valence-corrected chi connectivity index (χ3v) is 8.58. The predicted molar refractivity (Wildman–Crippen MR) is 151 cm³/mol. The maximum Gasteiger partial charge on any atom is 0.270 e. The molecule has 1 atom stereocenters. The molecule has 3 heterocycles. The fraction of sp³-hybridized carbons (Fsp3) is 0.406. The van der Waals surface area contributed by atoms with E-state index in [1.54, 1.807) is 7.11 Å². The molecule has 4 aromatic rings. The van der Waals surface area contributed by atoms with Crippen molar-refractivity contribution in [2.45, 2.75) is 50.5 Å². The number of amides is 1. The molecule has 1 amide bonds. The highest BCUT2D eigenvalue weighted by Crippen LogP contribution is 2.33. The first-order chi connectivity index (χ1) is 18.2. The van der Waals surface area contributed by atoms with Gasteiger partial charge in [0.15, 0.2) is 0 Å². The van der Waals surface area contributed by atoms with Crippen LogP contribution >= 0.6 is 0 Å². The van der Waals surface area contributed by atoms with E-state index in [1.807, 2.05) is 24.3 Å². The van der Waals surface area contributed by atoms with Crippen molar-refractivity contribution in [3.63, 3.8) is 0 Å². The number of nitrogens with one attached hydrogen (secondary N) is 1. The number of carbonyl (C=O) groups excluding carboxylic acids is 1. The average Bonchev–Trinajstić information content (AvgIpc) is 3.39. The lowest BCUT2D eigenvalue weighted by Crippen LogP contribution is -2.46. The van der Waals surface area contributed by atoms with Crippen LogP contribution in [-0.2, 0) is 0 Å². The van der Waals surface area contributed by atoms with E-state index in [9.17, 15) is 4.79 Å². The zero-order valence-electron chi connectivity index (χ0n) is 21.8. The monoisotopic (exact) mass is 495 g/mol. The summed E-state index contributed by atoms with van der Waals surface area (Å²) in [5, 5.41) is 3.81. The molecule has 1 aromatic heterocycles. The maximum atomic E-state index is 13.5. The van der Waals surface area contributed by atoms with E-state index in [4.69, 9.17) is 4.74 Å². The summed E-state index contributed by atoms with van der Waals surface area (Å²) in [5.41, 5.74) is 3.15. The quantitative estimate of drug-likeness (QED) is 0.328. The van der Waals surface area contributed by atoms with Crippen LogP contribution in [0.1, 0.15) is 60.5 Å². The van der Waals surface area contributed by atoms with E-state index < -0.39 is 0 Å². The average molecular weight is 496 g/mol. The summed E-state index contributed by atoms with van der Waals surface area (Å²) in [7, 11) is 1.67. The topological polar surface area (TPSA) is 48.6 Å². The fourth-order valence-corrected chi connectivity index (χ4v) is 6.48. The van der Waals surface area contributed by atoms with Gasteiger partial charge in [-0.15, -0.1) is 0 Å². The Bertz CT molecular complexity index is 1380. The molecule has 2 aliphatic heterocycles. The van der Waals surface area contributed by atoms with Gasteiger partial charge >= 0.3 is 0 Å². The first-order valence-electron chi connectivity index (χ1n) is 13.9. The number of methoxy groups -OCH3 is 1. The molecule has 2 aliphatic rings. The summed E-state index contributed by atoms with van der Waals surface area (Å²) in [6, 6.07) is 23.8. The van der Waals surface area contributed by atoms with E-state index in [1.165, 1.54) is 35.6 Å². The molecule has 5 nitrogen and oxygen atoms in total. The molecule has 1 N–H and O–H groups in total. The molecule has 37 heavy (non-hydrogen) atoms. The molecule has 0 spiro atoms. The van der Waals surface area contributed by atoms with Crippen LogP contribution in [0.2, 0.25) is 0 Å². The van der Waals surface area contributed by atoms with Crippen LogP contribution in [0.25, 0.3) is 21.7 Å². The summed E-state index contributed by atoms with van der Waals surface area (Å²) in [5.74, 6) is 1.57. The van der Waals surface area contributed by atoms with Crippen molar-refractivity contribution in [1.82, 2.24) is 14.8 Å². The number of hydrogen-bond donors (Lipinski definition) is 1. The number of ether oxygens (including phenoxy) is 1. The smallest absolute Gasteiger partial charge is 0.270 e. The summed E-state index contributed by atoms with van der Waals surface area (Å²) in [6.07, 6.45) is 6.87. The third kappa shape index (κ3) is 4.97. The zero-order valence-corrected chi connectivity index (χ0v) is 21.8. The highest BCUT2D eigenvalue weighted by molar-refractivity contribution is 5.98. The van der Waals surface area contributed by atoms with Gasteiger partial charge < -0.3 is 19.5 Å². The third-order valence-electron chi connectivity index (χ3n) is 8.58. The van der Waals surface area contributed by atoms with Gasteiger partial charge in [-0.1, -0.05) is 42.5 Å². The maximum absolute atomic E-state index is 13.5. The number of hydrogen-bond acceptors (Lipinski definition) is 3. The molecule has 2 fully saturated rings. The highest BCUT2D eigenvalue weighted by atomic mass is 16.5. The Morgan fingerprint density at radius 2 is 1.76 bits per heavy atom. The van der Waals surface area contributed by atoms with Crippen LogP contribution in [0.5, 0.6) is 5.75 Å². The van der Waals surface area contributed by atoms with Crippen LogP contribution < -0.4 is 4.74 Å². The lowest BCUT2D eigenvalue weighted by atomic mass is 9.86.